The predicted molar refractivity (Wildman–Crippen MR) is 20.0 cm³/mol. The van der Waals surface area contributed by atoms with Gasteiger partial charge < -0.3 is 13.3 Å². The lowest BCUT2D eigenvalue weighted by Gasteiger charge is -2.60. The van der Waals surface area contributed by atoms with E-state index in [1.165, 1.54) is 0 Å². The van der Waals surface area contributed by atoms with Crippen molar-refractivity contribution in [3.63, 3.8) is 0 Å². The van der Waals surface area contributed by atoms with Crippen LogP contribution in [-0.4, -0.2) is 21.5 Å². The number of hydrogen-bond acceptors (Lipinski definition) is 3. The van der Waals surface area contributed by atoms with Crippen LogP contribution >= 0.6 is 10.9 Å². The van der Waals surface area contributed by atoms with E-state index in [1.807, 2.05) is 0 Å². The van der Waals surface area contributed by atoms with Gasteiger partial charge in [0.05, 0.1) is 6.61 Å². The lowest BCUT2D eigenvalue weighted by atomic mass is 10.9. The summed E-state index contributed by atoms with van der Waals surface area (Å²) in [6.07, 6.45) is 0. The Morgan fingerprint density at radius 1 is 1.50 bits per heavy atom. The van der Waals surface area contributed by atoms with Gasteiger partial charge in [-0.1, -0.05) is 0 Å². The minimum absolute atomic E-state index is 0.201. The van der Waals surface area contributed by atoms with Crippen LogP contribution in [0.1, 0.15) is 0 Å². The maximum atomic E-state index is 9.86. The van der Waals surface area contributed by atoms with Crippen LogP contribution < -0.4 is 0 Å². The predicted octanol–water partition coefficient (Wildman–Crippen LogP) is -0.00300. The van der Waals surface area contributed by atoms with Crippen LogP contribution in [-0.2, 0) is 4.18 Å². The smallest absolute Gasteiger partial charge is 0.0641 e. The van der Waals surface area contributed by atoms with E-state index < -0.39 is 10.9 Å². The third-order valence-corrected chi connectivity index (χ3v) is 1.79. The number of hydrogen-bond donors (Lipinski definition) is 0. The van der Waals surface area contributed by atoms with Crippen LogP contribution in [0.5, 0.6) is 0 Å². The molecule has 38 valence electrons. The first-order chi connectivity index (χ1) is 2.71. The summed E-state index contributed by atoms with van der Waals surface area (Å²) in [7, 11) is -2.98. The molecule has 1 aliphatic rings. The molecule has 6 heavy (non-hydrogen) atoms. The molecule has 0 saturated carbocycles. The van der Waals surface area contributed by atoms with E-state index >= 15 is 0 Å². The molecule has 1 heterocycles. The first-order valence-electron chi connectivity index (χ1n) is 1.58. The summed E-state index contributed by atoms with van der Waals surface area (Å²) in [5.41, 5.74) is 0. The van der Waals surface area contributed by atoms with Crippen molar-refractivity contribution in [3.8, 4) is 0 Å². The normalized spacial score (nSPS) is 34.3. The molecule has 1 aliphatic heterocycles. The summed E-state index contributed by atoms with van der Waals surface area (Å²) < 4.78 is 23.8. The van der Waals surface area contributed by atoms with Gasteiger partial charge >= 0.3 is 0 Å². The molecular formula is C2H4O3S-2. The third kappa shape index (κ3) is 0.652. The van der Waals surface area contributed by atoms with E-state index in [9.17, 15) is 9.11 Å². The van der Waals surface area contributed by atoms with Crippen molar-refractivity contribution in [2.75, 3.05) is 12.4 Å². The average Bonchev–Trinajstić information content (AvgIpc) is 1.32. The van der Waals surface area contributed by atoms with Gasteiger partial charge in [0.2, 0.25) is 0 Å². The van der Waals surface area contributed by atoms with Crippen molar-refractivity contribution >= 4 is 10.9 Å². The average molecular weight is 108 g/mol. The van der Waals surface area contributed by atoms with E-state index in [0.717, 1.165) is 0 Å². The van der Waals surface area contributed by atoms with Gasteiger partial charge in [-0.2, -0.15) is 0 Å². The monoisotopic (exact) mass is 108 g/mol. The summed E-state index contributed by atoms with van der Waals surface area (Å²) in [5, 5.41) is 0. The van der Waals surface area contributed by atoms with E-state index in [0.29, 0.717) is 6.61 Å². The first-order valence-corrected chi connectivity index (χ1v) is 3.15. The van der Waals surface area contributed by atoms with E-state index in [2.05, 4.69) is 4.18 Å². The van der Waals surface area contributed by atoms with Gasteiger partial charge in [0.1, 0.15) is 0 Å². The largest absolute Gasteiger partial charge is 0.803 e. The van der Waals surface area contributed by atoms with Gasteiger partial charge in [0, 0.05) is 0 Å². The highest BCUT2D eigenvalue weighted by molar-refractivity contribution is 8.21. The minimum atomic E-state index is -2.98. The maximum absolute atomic E-state index is 9.86. The van der Waals surface area contributed by atoms with Crippen LogP contribution in [0, 0.1) is 0 Å². The van der Waals surface area contributed by atoms with Crippen LogP contribution in [0.25, 0.3) is 0 Å². The molecule has 0 atom stereocenters. The Balaban J connectivity index is 2.31. The molecule has 1 rings (SSSR count). The third-order valence-electron chi connectivity index (χ3n) is 0.596. The Morgan fingerprint density at radius 2 is 1.83 bits per heavy atom. The molecule has 3 nitrogen and oxygen atoms in total. The highest BCUT2D eigenvalue weighted by Crippen LogP contribution is 2.46. The second-order valence-electron chi connectivity index (χ2n) is 1.08. The van der Waals surface area contributed by atoms with Crippen molar-refractivity contribution in [1.29, 1.82) is 0 Å². The Morgan fingerprint density at radius 3 is 1.83 bits per heavy atom. The SMILES string of the molecule is [O-]S1([O-])CCO1. The molecule has 1 fully saturated rings. The van der Waals surface area contributed by atoms with Crippen LogP contribution in [0.4, 0.5) is 0 Å². The Labute approximate surface area is 37.5 Å². The Bertz CT molecular complexity index is 55.8. The van der Waals surface area contributed by atoms with Crippen molar-refractivity contribution in [2.45, 2.75) is 0 Å². The van der Waals surface area contributed by atoms with E-state index in [1.54, 1.807) is 0 Å². The van der Waals surface area contributed by atoms with Crippen LogP contribution in [0.3, 0.4) is 0 Å². The molecule has 1 saturated heterocycles. The summed E-state index contributed by atoms with van der Waals surface area (Å²) in [6.45, 7) is 0.377. The molecule has 0 bridgehead atoms. The zero-order chi connectivity index (χ0) is 4.62. The van der Waals surface area contributed by atoms with Gasteiger partial charge in [-0.3, -0.25) is 10.9 Å². The lowest BCUT2D eigenvalue weighted by molar-refractivity contribution is 0.210. The van der Waals surface area contributed by atoms with Crippen molar-refractivity contribution in [1.82, 2.24) is 0 Å². The van der Waals surface area contributed by atoms with Crippen molar-refractivity contribution in [2.24, 2.45) is 0 Å². The second kappa shape index (κ2) is 1.10. The first kappa shape index (κ1) is 4.39. The molecule has 0 N–H and O–H groups in total. The molecule has 0 aromatic carbocycles. The molecule has 0 amide bonds. The zero-order valence-electron chi connectivity index (χ0n) is 3.05. The molecule has 0 unspecified atom stereocenters. The molecule has 0 aromatic rings. The molecule has 0 aliphatic carbocycles. The van der Waals surface area contributed by atoms with Gasteiger partial charge in [-0.15, -0.1) is 0 Å². The molecular weight excluding hydrogens is 104 g/mol. The van der Waals surface area contributed by atoms with Gasteiger partial charge in [0.25, 0.3) is 0 Å². The van der Waals surface area contributed by atoms with Crippen LogP contribution in [0.15, 0.2) is 0 Å². The highest BCUT2D eigenvalue weighted by atomic mass is 32.3. The van der Waals surface area contributed by atoms with Crippen molar-refractivity contribution < 1.29 is 13.3 Å². The van der Waals surface area contributed by atoms with E-state index in [4.69, 9.17) is 0 Å². The van der Waals surface area contributed by atoms with Gasteiger partial charge in [-0.05, 0) is 5.75 Å². The fraction of sp³-hybridized carbons (Fsp3) is 1.00. The van der Waals surface area contributed by atoms with E-state index in [-0.39, 0.29) is 5.75 Å². The summed E-state index contributed by atoms with van der Waals surface area (Å²) in [5.74, 6) is 0.201. The molecule has 0 radical (unpaired) electrons. The molecule has 0 spiro atoms. The van der Waals surface area contributed by atoms with Gasteiger partial charge in [0.15, 0.2) is 0 Å². The summed E-state index contributed by atoms with van der Waals surface area (Å²) in [6, 6.07) is 0. The highest BCUT2D eigenvalue weighted by Gasteiger charge is 2.06. The van der Waals surface area contributed by atoms with Crippen LogP contribution in [0.2, 0.25) is 0 Å². The quantitative estimate of drug-likeness (QED) is 0.438. The topological polar surface area (TPSA) is 55.3 Å². The second-order valence-corrected chi connectivity index (χ2v) is 2.84. The molecule has 0 aromatic heterocycles. The molecule has 4 heteroatoms. The fourth-order valence-electron chi connectivity index (χ4n) is 0.219. The minimum Gasteiger partial charge on any atom is -0.803 e. The Kier molecular flexibility index (Phi) is 0.804. The van der Waals surface area contributed by atoms with Crippen molar-refractivity contribution in [3.05, 3.63) is 0 Å². The Hall–Kier alpha value is 0.230. The summed E-state index contributed by atoms with van der Waals surface area (Å²) in [4.78, 5) is 0. The van der Waals surface area contributed by atoms with Gasteiger partial charge in [-0.25, -0.2) is 0 Å². The summed E-state index contributed by atoms with van der Waals surface area (Å²) >= 11 is 0. The zero-order valence-corrected chi connectivity index (χ0v) is 3.86. The fourth-order valence-corrected chi connectivity index (χ4v) is 0.658. The standard InChI is InChI=1S/C2H6O3S/c3-6(4)2-1-5-6/h3-4H,1-2H2/p-2. The maximum Gasteiger partial charge on any atom is 0.0641 e. The lowest BCUT2D eigenvalue weighted by Crippen LogP contribution is -2.23. The number of rotatable bonds is 0.